The van der Waals surface area contributed by atoms with E-state index < -0.39 is 0 Å². The van der Waals surface area contributed by atoms with E-state index in [1.807, 2.05) is 36.4 Å². The summed E-state index contributed by atoms with van der Waals surface area (Å²) >= 11 is 18.1. The van der Waals surface area contributed by atoms with Gasteiger partial charge in [0.2, 0.25) is 0 Å². The Morgan fingerprint density at radius 3 is 2.53 bits per heavy atom. The third kappa shape index (κ3) is 3.87. The van der Waals surface area contributed by atoms with Crippen LogP contribution < -0.4 is 5.32 Å². The molecule has 1 nitrogen and oxygen atoms in total. The highest BCUT2D eigenvalue weighted by Gasteiger charge is 2.08. The fourth-order valence-electron chi connectivity index (χ4n) is 1.84. The Morgan fingerprint density at radius 1 is 1.05 bits per heavy atom. The minimum absolute atomic E-state index is 0.189. The number of nitrogens with one attached hydrogen (secondary N) is 1. The normalized spacial score (nSPS) is 12.4. The number of rotatable bonds is 4. The molecule has 0 saturated carbocycles. The number of hydrogen-bond acceptors (Lipinski definition) is 1. The van der Waals surface area contributed by atoms with E-state index in [1.165, 1.54) is 0 Å². The summed E-state index contributed by atoms with van der Waals surface area (Å²) in [5, 5.41) is 5.34. The monoisotopic (exact) mass is 313 g/mol. The molecule has 0 aliphatic carbocycles. The highest BCUT2D eigenvalue weighted by atomic mass is 35.5. The molecular weight excluding hydrogens is 301 g/mol. The first-order valence-electron chi connectivity index (χ1n) is 5.99. The zero-order valence-corrected chi connectivity index (χ0v) is 12.7. The van der Waals surface area contributed by atoms with Gasteiger partial charge in [0.25, 0.3) is 0 Å². The molecule has 0 radical (unpaired) electrons. The lowest BCUT2D eigenvalue weighted by Crippen LogP contribution is -2.18. The largest absolute Gasteiger partial charge is 0.306 e. The fraction of sp³-hybridized carbons (Fsp3) is 0.200. The summed E-state index contributed by atoms with van der Waals surface area (Å²) in [6.45, 7) is 2.75. The second-order valence-electron chi connectivity index (χ2n) is 4.37. The van der Waals surface area contributed by atoms with Gasteiger partial charge < -0.3 is 5.32 Å². The molecule has 0 amide bonds. The molecule has 0 heterocycles. The zero-order valence-electron chi connectivity index (χ0n) is 10.5. The Morgan fingerprint density at radius 2 is 1.79 bits per heavy atom. The van der Waals surface area contributed by atoms with Crippen LogP contribution in [0.5, 0.6) is 0 Å². The van der Waals surface area contributed by atoms with Crippen molar-refractivity contribution < 1.29 is 0 Å². The van der Waals surface area contributed by atoms with Crippen molar-refractivity contribution in [1.82, 2.24) is 5.32 Å². The number of hydrogen-bond donors (Lipinski definition) is 1. The van der Waals surface area contributed by atoms with Gasteiger partial charge in [-0.3, -0.25) is 0 Å². The van der Waals surface area contributed by atoms with Crippen LogP contribution in [-0.2, 0) is 6.54 Å². The summed E-state index contributed by atoms with van der Waals surface area (Å²) in [4.78, 5) is 0. The van der Waals surface area contributed by atoms with Crippen LogP contribution in [0.4, 0.5) is 0 Å². The summed E-state index contributed by atoms with van der Waals surface area (Å²) in [7, 11) is 0. The van der Waals surface area contributed by atoms with Crippen LogP contribution >= 0.6 is 34.8 Å². The Balaban J connectivity index is 2.04. The van der Waals surface area contributed by atoms with Crippen molar-refractivity contribution in [3.05, 3.63) is 68.7 Å². The van der Waals surface area contributed by atoms with Crippen LogP contribution in [0.1, 0.15) is 24.1 Å². The van der Waals surface area contributed by atoms with Crippen molar-refractivity contribution >= 4 is 34.8 Å². The molecule has 2 aromatic carbocycles. The molecule has 0 aromatic heterocycles. The van der Waals surface area contributed by atoms with Gasteiger partial charge in [-0.2, -0.15) is 0 Å². The van der Waals surface area contributed by atoms with Crippen molar-refractivity contribution in [2.24, 2.45) is 0 Å². The molecular formula is C15H14Cl3N. The molecule has 2 rings (SSSR count). The van der Waals surface area contributed by atoms with Crippen LogP contribution in [0.15, 0.2) is 42.5 Å². The minimum atomic E-state index is 0.189. The van der Waals surface area contributed by atoms with Crippen LogP contribution in [0, 0.1) is 0 Å². The summed E-state index contributed by atoms with van der Waals surface area (Å²) in [6.07, 6.45) is 0. The molecule has 0 saturated heterocycles. The highest BCUT2D eigenvalue weighted by molar-refractivity contribution is 6.42. The van der Waals surface area contributed by atoms with Gasteiger partial charge in [-0.05, 0) is 36.2 Å². The Labute approximate surface area is 128 Å². The lowest BCUT2D eigenvalue weighted by molar-refractivity contribution is 0.575. The number of halogens is 3. The molecule has 1 atom stereocenters. The summed E-state index contributed by atoms with van der Waals surface area (Å²) < 4.78 is 0. The van der Waals surface area contributed by atoms with E-state index in [2.05, 4.69) is 12.2 Å². The molecule has 19 heavy (non-hydrogen) atoms. The Kier molecular flexibility index (Phi) is 5.12. The van der Waals surface area contributed by atoms with E-state index in [4.69, 9.17) is 34.8 Å². The van der Waals surface area contributed by atoms with E-state index in [-0.39, 0.29) is 6.04 Å². The fourth-order valence-corrected chi connectivity index (χ4v) is 2.43. The first-order chi connectivity index (χ1) is 9.08. The van der Waals surface area contributed by atoms with E-state index in [0.29, 0.717) is 16.6 Å². The average Bonchev–Trinajstić information content (AvgIpc) is 2.40. The van der Waals surface area contributed by atoms with Crippen molar-refractivity contribution in [3.63, 3.8) is 0 Å². The maximum Gasteiger partial charge on any atom is 0.0637 e. The molecule has 0 bridgehead atoms. The van der Waals surface area contributed by atoms with Crippen molar-refractivity contribution in [2.75, 3.05) is 0 Å². The maximum atomic E-state index is 6.15. The molecule has 4 heteroatoms. The van der Waals surface area contributed by atoms with Gasteiger partial charge >= 0.3 is 0 Å². The average molecular weight is 315 g/mol. The first-order valence-corrected chi connectivity index (χ1v) is 7.13. The molecule has 1 N–H and O–H groups in total. The van der Waals surface area contributed by atoms with E-state index >= 15 is 0 Å². The molecule has 0 aliphatic heterocycles. The SMILES string of the molecule is CC(NCc1cccc(Cl)c1Cl)c1cccc(Cl)c1. The van der Waals surface area contributed by atoms with Gasteiger partial charge in [0, 0.05) is 17.6 Å². The summed E-state index contributed by atoms with van der Waals surface area (Å²) in [6, 6.07) is 13.7. The van der Waals surface area contributed by atoms with Crippen molar-refractivity contribution in [2.45, 2.75) is 19.5 Å². The van der Waals surface area contributed by atoms with Gasteiger partial charge in [-0.25, -0.2) is 0 Å². The van der Waals surface area contributed by atoms with Gasteiger partial charge in [0.05, 0.1) is 10.0 Å². The number of benzene rings is 2. The molecule has 2 aromatic rings. The van der Waals surface area contributed by atoms with Crippen molar-refractivity contribution in [3.8, 4) is 0 Å². The Bertz CT molecular complexity index is 569. The van der Waals surface area contributed by atoms with E-state index in [9.17, 15) is 0 Å². The molecule has 0 fully saturated rings. The topological polar surface area (TPSA) is 12.0 Å². The summed E-state index contributed by atoms with van der Waals surface area (Å²) in [5.41, 5.74) is 2.13. The predicted molar refractivity (Wildman–Crippen MR) is 83.2 cm³/mol. The Hall–Kier alpha value is -0.730. The first kappa shape index (κ1) is 14.7. The second kappa shape index (κ2) is 6.62. The van der Waals surface area contributed by atoms with Crippen LogP contribution in [0.2, 0.25) is 15.1 Å². The van der Waals surface area contributed by atoms with Crippen LogP contribution in [0.3, 0.4) is 0 Å². The van der Waals surface area contributed by atoms with Crippen LogP contribution in [0.25, 0.3) is 0 Å². The zero-order chi connectivity index (χ0) is 13.8. The standard InChI is InChI=1S/C15H14Cl3N/c1-10(11-4-2-6-13(16)8-11)19-9-12-5-3-7-14(17)15(12)18/h2-8,10,19H,9H2,1H3. The third-order valence-electron chi connectivity index (χ3n) is 2.98. The second-order valence-corrected chi connectivity index (χ2v) is 5.59. The highest BCUT2D eigenvalue weighted by Crippen LogP contribution is 2.26. The third-order valence-corrected chi connectivity index (χ3v) is 4.07. The molecule has 0 aliphatic rings. The van der Waals surface area contributed by atoms with E-state index in [0.717, 1.165) is 16.1 Å². The smallest absolute Gasteiger partial charge is 0.0637 e. The van der Waals surface area contributed by atoms with Gasteiger partial charge in [0.1, 0.15) is 0 Å². The quantitative estimate of drug-likeness (QED) is 0.786. The van der Waals surface area contributed by atoms with Crippen LogP contribution in [-0.4, -0.2) is 0 Å². The maximum absolute atomic E-state index is 6.15. The van der Waals surface area contributed by atoms with Gasteiger partial charge in [-0.15, -0.1) is 0 Å². The molecule has 0 spiro atoms. The van der Waals surface area contributed by atoms with E-state index in [1.54, 1.807) is 6.07 Å². The molecule has 1 unspecified atom stereocenters. The predicted octanol–water partition coefficient (Wildman–Crippen LogP) is 5.50. The van der Waals surface area contributed by atoms with Gasteiger partial charge in [-0.1, -0.05) is 59.1 Å². The summed E-state index contributed by atoms with van der Waals surface area (Å²) in [5.74, 6) is 0. The minimum Gasteiger partial charge on any atom is -0.306 e. The van der Waals surface area contributed by atoms with Crippen molar-refractivity contribution in [1.29, 1.82) is 0 Å². The lowest BCUT2D eigenvalue weighted by Gasteiger charge is -2.15. The molecule has 100 valence electrons. The van der Waals surface area contributed by atoms with Gasteiger partial charge in [0.15, 0.2) is 0 Å². The lowest BCUT2D eigenvalue weighted by atomic mass is 10.1.